The highest BCUT2D eigenvalue weighted by molar-refractivity contribution is 7.92. The van der Waals surface area contributed by atoms with Crippen molar-refractivity contribution in [1.29, 1.82) is 0 Å². The van der Waals surface area contributed by atoms with E-state index >= 15 is 0 Å². The molecule has 0 bridgehead atoms. The van der Waals surface area contributed by atoms with Crippen LogP contribution >= 0.6 is 80.7 Å². The van der Waals surface area contributed by atoms with Crippen LogP contribution < -0.4 is 61.1 Å². The van der Waals surface area contributed by atoms with Crippen molar-refractivity contribution >= 4 is 193 Å². The van der Waals surface area contributed by atoms with Crippen LogP contribution in [-0.2, 0) is 88.1 Å². The summed E-state index contributed by atoms with van der Waals surface area (Å²) in [5, 5.41) is 74.3. The fraction of sp³-hybridized carbons (Fsp3) is 0.193. The standard InChI is InChI=1S/C17H20N2O5S.C13H12Cl2O4.C12H11ClN2O5S.C6H6Cl2N2O4S2.C5H8N4O3S2.C4H6N4O3S2/c1-2-3-9-19-14-10-12(17(20)21)11-15(25(18,22)23)16(14)24-13-7-5-4-6-8-13;1-3-7(2)13(18)8-4-5-9(12(15)11(8)14)19-6-10(16)17;13-9-5-10(15-6-7-2-1-3-20-7)8(12(16)17)4-11(9)21(14,18)19;7-4-1-3(15(9,11)12)2-5(6(4)8)16(10,13)14;1-3(10)7-4-9(2)8-5(13-4)14(6,11)12;1-2(9)6-3-7-8-4(12-3)13(5,10)11/h4-8,10-11,19H,2-3,9H2,1H3,(H,20,21)(H2,18,22,23);4-5H,2-3,6H2,1H3,(H,16,17);1-5,15H,6H2,(H,16,17)(H2,14,18,19);1-2H,(H2,9,11,12)(H2,10,13,14);1-2H3,(H2,6,11,12);1H3,(H2,5,10,11)(H,6,7,9)/b;;;;7-4-;. The van der Waals surface area contributed by atoms with Gasteiger partial charge in [0.1, 0.15) is 37.0 Å². The number of rotatable bonds is 24. The summed E-state index contributed by atoms with van der Waals surface area (Å²) in [4.78, 5) is 67.9. The molecule has 0 unspecified atom stereocenters. The minimum absolute atomic E-state index is 0.0117. The van der Waals surface area contributed by atoms with Crippen LogP contribution in [0.4, 0.5) is 16.5 Å². The number of amides is 2. The molecule has 0 aliphatic carbocycles. The summed E-state index contributed by atoms with van der Waals surface area (Å²) in [6.45, 7) is 10.2. The number of sulfonamides is 6. The third-order valence-electron chi connectivity index (χ3n) is 12.2. The number of aliphatic carboxylic acids is 1. The highest BCUT2D eigenvalue weighted by atomic mass is 35.5. The van der Waals surface area contributed by atoms with Gasteiger partial charge in [-0.25, -0.2) is 100 Å². The quantitative estimate of drug-likeness (QED) is 0.0132. The topological polar surface area (TPSA) is 648 Å². The molecule has 8 aromatic rings. The predicted molar refractivity (Wildman–Crippen MR) is 397 cm³/mol. The molecule has 588 valence electrons. The van der Waals surface area contributed by atoms with E-state index in [2.05, 4.69) is 42.8 Å². The molecule has 0 saturated carbocycles. The predicted octanol–water partition coefficient (Wildman–Crippen LogP) is 6.54. The second-order valence-corrected chi connectivity index (χ2v) is 34.1. The molecular weight excluding hydrogens is 1700 g/mol. The van der Waals surface area contributed by atoms with Crippen molar-refractivity contribution < 1.29 is 108 Å². The van der Waals surface area contributed by atoms with E-state index in [1.54, 1.807) is 49.4 Å². The highest BCUT2D eigenvalue weighted by Gasteiger charge is 2.26. The lowest BCUT2D eigenvalue weighted by Gasteiger charge is -2.17. The van der Waals surface area contributed by atoms with Gasteiger partial charge < -0.3 is 45.2 Å². The Morgan fingerprint density at radius 3 is 1.70 bits per heavy atom. The Morgan fingerprint density at radius 1 is 0.630 bits per heavy atom. The number of nitrogens with two attached hydrogens (primary N) is 6. The largest absolute Gasteiger partial charge is 0.480 e. The monoisotopic (exact) mass is 1760 g/mol. The summed E-state index contributed by atoms with van der Waals surface area (Å²) >= 11 is 30.3. The number of carbonyl (C=O) groups excluding carboxylic acids is 3. The van der Waals surface area contributed by atoms with Gasteiger partial charge in [0, 0.05) is 33.0 Å². The maximum absolute atomic E-state index is 12.0. The Kier molecular flexibility index (Phi) is 35.3. The van der Waals surface area contributed by atoms with Crippen LogP contribution in [0.1, 0.15) is 83.8 Å². The minimum atomic E-state index is -4.19. The third-order valence-corrected chi connectivity index (χ3v) is 22.5. The van der Waals surface area contributed by atoms with Crippen LogP contribution in [0.15, 0.2) is 147 Å². The van der Waals surface area contributed by atoms with Crippen LogP contribution in [0.2, 0.25) is 25.1 Å². The molecule has 5 aromatic carbocycles. The number of allylic oxidation sites excluding steroid dienone is 1. The Balaban J connectivity index is 0.000000341. The summed E-state index contributed by atoms with van der Waals surface area (Å²) in [5.41, 5.74) is 0.620. The van der Waals surface area contributed by atoms with E-state index in [9.17, 15) is 84.4 Å². The molecule has 108 heavy (non-hydrogen) atoms. The number of halogens is 5. The number of ketones is 1. The van der Waals surface area contributed by atoms with Crippen LogP contribution in [0, 0.1) is 0 Å². The SMILES string of the molecule is C=C(CC)C(=O)c1ccc(OCC(=O)O)c(Cl)c1Cl.CC(=O)/N=c1\sc(S(N)(=O)=O)nn1C.CC(=O)Nc1nnc(S(N)(=O)=O)s1.CCCCNc1cc(C(=O)O)cc(S(N)(=O)=O)c1Oc1ccccc1.NS(=O)(=O)c1cc(C(=O)O)c(NCc2ccco2)cc1Cl.NS(=O)(=O)c1cc(Cl)c(Cl)c(S(N)(=O)=O)c1. The Morgan fingerprint density at radius 2 is 1.23 bits per heavy atom. The molecular formula is C57H63Cl5N14O24S8. The molecule has 3 heterocycles. The van der Waals surface area contributed by atoms with Crippen LogP contribution in [0.25, 0.3) is 0 Å². The van der Waals surface area contributed by atoms with Gasteiger partial charge in [-0.05, 0) is 91.2 Å². The van der Waals surface area contributed by atoms with Crippen LogP contribution in [-0.4, -0.2) is 134 Å². The second kappa shape index (κ2) is 40.7. The molecule has 38 nitrogen and oxygen atoms in total. The maximum Gasteiger partial charge on any atom is 0.341 e. The average Bonchev–Trinajstić information content (AvgIpc) is 1.36. The lowest BCUT2D eigenvalue weighted by atomic mass is 10.0. The highest BCUT2D eigenvalue weighted by Crippen LogP contribution is 2.39. The molecule has 3 aromatic heterocycles. The number of anilines is 3. The maximum atomic E-state index is 12.0. The van der Waals surface area contributed by atoms with Gasteiger partial charge in [0.15, 0.2) is 18.1 Å². The molecule has 0 fully saturated rings. The zero-order valence-electron chi connectivity index (χ0n) is 56.0. The number of unbranched alkanes of at least 4 members (excludes halogenated alkanes) is 1. The molecule has 0 aliphatic heterocycles. The molecule has 18 N–H and O–H groups in total. The Labute approximate surface area is 648 Å². The summed E-state index contributed by atoms with van der Waals surface area (Å²) in [6.07, 6.45) is 3.73. The van der Waals surface area contributed by atoms with Crippen LogP contribution in [0.5, 0.6) is 17.2 Å². The lowest BCUT2D eigenvalue weighted by molar-refractivity contribution is -0.139. The number of Topliss-reactive ketones (excluding diaryl/α,β-unsaturated/α-hetero) is 1. The van der Waals surface area contributed by atoms with E-state index < -0.39 is 105 Å². The number of carbonyl (C=O) groups is 6. The van der Waals surface area contributed by atoms with Gasteiger partial charge in [-0.2, -0.15) is 4.99 Å². The number of nitrogens with one attached hydrogen (secondary N) is 3. The molecule has 0 saturated heterocycles. The van der Waals surface area contributed by atoms with Gasteiger partial charge in [-0.15, -0.1) is 15.3 Å². The van der Waals surface area contributed by atoms with E-state index in [1.807, 2.05) is 6.92 Å². The summed E-state index contributed by atoms with van der Waals surface area (Å²) in [7, 11) is -22.7. The molecule has 0 aliphatic rings. The zero-order chi connectivity index (χ0) is 82.4. The second-order valence-electron chi connectivity index (χ2n) is 20.6. The first-order valence-electron chi connectivity index (χ1n) is 28.9. The number of carboxylic acid groups (broad SMARTS) is 3. The first-order chi connectivity index (χ1) is 49.7. The molecule has 0 spiro atoms. The molecule has 0 radical (unpaired) electrons. The van der Waals surface area contributed by atoms with Crippen LogP contribution in [0.3, 0.4) is 0 Å². The number of para-hydroxylation sites is 1. The number of carboxylic acids is 3. The summed E-state index contributed by atoms with van der Waals surface area (Å²) < 4.78 is 150. The number of furan rings is 1. The molecule has 2 amide bonds. The number of primary sulfonamides is 6. The van der Waals surface area contributed by atoms with E-state index in [0.717, 1.165) is 48.4 Å². The van der Waals surface area contributed by atoms with E-state index in [1.165, 1.54) is 56.1 Å². The van der Waals surface area contributed by atoms with Crippen molar-refractivity contribution in [2.45, 2.75) is 81.8 Å². The van der Waals surface area contributed by atoms with Crippen molar-refractivity contribution in [2.24, 2.45) is 42.9 Å². The van der Waals surface area contributed by atoms with E-state index in [-0.39, 0.29) is 106 Å². The first kappa shape index (κ1) is 93.6. The van der Waals surface area contributed by atoms with Gasteiger partial charge in [0.05, 0.1) is 60.3 Å². The number of benzene rings is 5. The van der Waals surface area contributed by atoms with Gasteiger partial charge in [0.2, 0.25) is 70.5 Å². The Hall–Kier alpha value is -8.63. The normalized spacial score (nSPS) is 11.5. The van der Waals surface area contributed by atoms with Gasteiger partial charge in [0.25, 0.3) is 20.0 Å². The molecule has 51 heteroatoms. The number of aryl methyl sites for hydroxylation is 1. The number of nitrogens with zero attached hydrogens (tertiary/aromatic N) is 5. The summed E-state index contributed by atoms with van der Waals surface area (Å²) in [5.74, 6) is -3.67. The fourth-order valence-electron chi connectivity index (χ4n) is 7.29. The lowest BCUT2D eigenvalue weighted by Crippen LogP contribution is -2.16. The van der Waals surface area contributed by atoms with Crippen molar-refractivity contribution in [3.8, 4) is 17.2 Å². The minimum Gasteiger partial charge on any atom is -0.480 e. The van der Waals surface area contributed by atoms with E-state index in [4.69, 9.17) is 113 Å². The number of aromatic nitrogens is 4. The number of ether oxygens (including phenoxy) is 2. The number of aromatic carboxylic acids is 2. The fourth-order valence-corrected chi connectivity index (χ4v) is 14.6. The number of hydrogen-bond acceptors (Lipinski definition) is 28. The smallest absolute Gasteiger partial charge is 0.341 e. The van der Waals surface area contributed by atoms with E-state index in [0.29, 0.717) is 41.4 Å². The van der Waals surface area contributed by atoms with Gasteiger partial charge in [-0.1, -0.05) is 126 Å². The van der Waals surface area contributed by atoms with Gasteiger partial charge >= 0.3 is 17.9 Å². The molecule has 8 rings (SSSR count). The number of hydrogen-bond donors (Lipinski definition) is 12. The van der Waals surface area contributed by atoms with Crippen molar-refractivity contribution in [3.63, 3.8) is 0 Å². The van der Waals surface area contributed by atoms with Crippen molar-refractivity contribution in [2.75, 3.05) is 29.1 Å². The third kappa shape index (κ3) is 30.1. The van der Waals surface area contributed by atoms with Gasteiger partial charge in [-0.3, -0.25) is 14.4 Å². The van der Waals surface area contributed by atoms with Crippen molar-refractivity contribution in [3.05, 3.63) is 162 Å². The Bertz CT molecular complexity index is 5480. The van der Waals surface area contributed by atoms with Crippen molar-refractivity contribution in [1.82, 2.24) is 20.0 Å². The molecule has 0 atom stereocenters. The average molecular weight is 1760 g/mol. The summed E-state index contributed by atoms with van der Waals surface area (Å²) in [6, 6.07) is 21.0. The zero-order valence-corrected chi connectivity index (χ0v) is 66.3. The first-order valence-corrected chi connectivity index (χ1v) is 41.7.